The van der Waals surface area contributed by atoms with Gasteiger partial charge in [-0.1, -0.05) is 23.7 Å². The molecule has 0 aliphatic carbocycles. The standard InChI is InChI=1S/C16H12ClN3O3/c17-11-5-3-10(4-6-11)8-19-13(21)9-20-15(22)12-2-1-7-18-14(12)16(20)23/h1-7H,8-9H2,(H,19,21). The Morgan fingerprint density at radius 1 is 1.13 bits per heavy atom. The van der Waals surface area contributed by atoms with Crippen molar-refractivity contribution in [2.45, 2.75) is 6.54 Å². The summed E-state index contributed by atoms with van der Waals surface area (Å²) in [4.78, 5) is 41.0. The Bertz CT molecular complexity index is 754. The van der Waals surface area contributed by atoms with E-state index < -0.39 is 17.7 Å². The van der Waals surface area contributed by atoms with Crippen molar-refractivity contribution in [3.63, 3.8) is 0 Å². The normalized spacial score (nSPS) is 13.2. The number of amides is 3. The number of carbonyl (C=O) groups is 3. The first-order valence-electron chi connectivity index (χ1n) is 6.88. The summed E-state index contributed by atoms with van der Waals surface area (Å²) in [5.74, 6) is -1.47. The summed E-state index contributed by atoms with van der Waals surface area (Å²) in [5, 5.41) is 3.27. The third-order valence-electron chi connectivity index (χ3n) is 3.44. The lowest BCUT2D eigenvalue weighted by molar-refractivity contribution is -0.121. The topological polar surface area (TPSA) is 79.4 Å². The number of halogens is 1. The largest absolute Gasteiger partial charge is 0.350 e. The molecule has 0 radical (unpaired) electrons. The van der Waals surface area contributed by atoms with E-state index >= 15 is 0 Å². The summed E-state index contributed by atoms with van der Waals surface area (Å²) in [6, 6.07) is 10.1. The molecule has 1 N–H and O–H groups in total. The Balaban J connectivity index is 1.62. The second kappa shape index (κ2) is 6.18. The van der Waals surface area contributed by atoms with Crippen molar-refractivity contribution in [3.8, 4) is 0 Å². The van der Waals surface area contributed by atoms with E-state index in [2.05, 4.69) is 10.3 Å². The molecule has 2 aromatic rings. The monoisotopic (exact) mass is 329 g/mol. The van der Waals surface area contributed by atoms with E-state index in [0.717, 1.165) is 10.5 Å². The van der Waals surface area contributed by atoms with Crippen LogP contribution in [0.5, 0.6) is 0 Å². The predicted octanol–water partition coefficient (Wildman–Crippen LogP) is 1.65. The number of imide groups is 1. The third-order valence-corrected chi connectivity index (χ3v) is 3.69. The van der Waals surface area contributed by atoms with Gasteiger partial charge in [0.05, 0.1) is 5.56 Å². The number of nitrogens with one attached hydrogen (secondary N) is 1. The summed E-state index contributed by atoms with van der Waals surface area (Å²) in [7, 11) is 0. The quantitative estimate of drug-likeness (QED) is 0.865. The lowest BCUT2D eigenvalue weighted by Crippen LogP contribution is -2.40. The predicted molar refractivity (Wildman–Crippen MR) is 82.9 cm³/mol. The number of rotatable bonds is 4. The Hall–Kier alpha value is -2.73. The number of carbonyl (C=O) groups excluding carboxylic acids is 3. The van der Waals surface area contributed by atoms with Crippen LogP contribution < -0.4 is 5.32 Å². The lowest BCUT2D eigenvalue weighted by atomic mass is 10.2. The molecule has 0 unspecified atom stereocenters. The van der Waals surface area contributed by atoms with Gasteiger partial charge in [-0.15, -0.1) is 0 Å². The minimum Gasteiger partial charge on any atom is -0.350 e. The van der Waals surface area contributed by atoms with Gasteiger partial charge >= 0.3 is 0 Å². The molecule has 2 heterocycles. The average molecular weight is 330 g/mol. The lowest BCUT2D eigenvalue weighted by Gasteiger charge is -2.13. The molecular weight excluding hydrogens is 318 g/mol. The number of hydrogen-bond donors (Lipinski definition) is 1. The zero-order chi connectivity index (χ0) is 16.4. The highest BCUT2D eigenvalue weighted by Crippen LogP contribution is 2.19. The van der Waals surface area contributed by atoms with E-state index in [9.17, 15) is 14.4 Å². The second-order valence-corrected chi connectivity index (χ2v) is 5.44. The molecule has 7 heteroatoms. The number of benzene rings is 1. The van der Waals surface area contributed by atoms with E-state index in [1.165, 1.54) is 12.3 Å². The van der Waals surface area contributed by atoms with E-state index in [-0.39, 0.29) is 24.3 Å². The first-order valence-corrected chi connectivity index (χ1v) is 7.26. The zero-order valence-corrected chi connectivity index (χ0v) is 12.7. The summed E-state index contributed by atoms with van der Waals surface area (Å²) < 4.78 is 0. The Morgan fingerprint density at radius 2 is 1.87 bits per heavy atom. The van der Waals surface area contributed by atoms with Crippen molar-refractivity contribution >= 4 is 29.3 Å². The van der Waals surface area contributed by atoms with Crippen LogP contribution >= 0.6 is 11.6 Å². The van der Waals surface area contributed by atoms with Gasteiger partial charge in [-0.25, -0.2) is 0 Å². The Labute approximate surface area is 137 Å². The fraction of sp³-hybridized carbons (Fsp3) is 0.125. The summed E-state index contributed by atoms with van der Waals surface area (Å²) >= 11 is 5.79. The van der Waals surface area contributed by atoms with Gasteiger partial charge < -0.3 is 5.32 Å². The molecule has 1 aliphatic rings. The van der Waals surface area contributed by atoms with Crippen molar-refractivity contribution in [2.75, 3.05) is 6.54 Å². The van der Waals surface area contributed by atoms with Crippen LogP contribution in [0.25, 0.3) is 0 Å². The van der Waals surface area contributed by atoms with Crippen LogP contribution in [0.3, 0.4) is 0 Å². The molecule has 0 saturated heterocycles. The van der Waals surface area contributed by atoms with Gasteiger partial charge in [0, 0.05) is 17.8 Å². The molecule has 23 heavy (non-hydrogen) atoms. The number of hydrogen-bond acceptors (Lipinski definition) is 4. The molecule has 0 fully saturated rings. The summed E-state index contributed by atoms with van der Waals surface area (Å²) in [5.41, 5.74) is 1.18. The molecule has 0 atom stereocenters. The van der Waals surface area contributed by atoms with Gasteiger partial charge in [-0.05, 0) is 29.8 Å². The minimum atomic E-state index is -0.549. The molecule has 6 nitrogen and oxygen atoms in total. The maximum atomic E-state index is 12.1. The van der Waals surface area contributed by atoms with Gasteiger partial charge in [-0.3, -0.25) is 24.3 Å². The van der Waals surface area contributed by atoms with Crippen LogP contribution in [0.4, 0.5) is 0 Å². The van der Waals surface area contributed by atoms with Crippen LogP contribution in [0.15, 0.2) is 42.6 Å². The van der Waals surface area contributed by atoms with Crippen molar-refractivity contribution in [1.82, 2.24) is 15.2 Å². The van der Waals surface area contributed by atoms with Gasteiger partial charge in [0.1, 0.15) is 12.2 Å². The molecular formula is C16H12ClN3O3. The van der Waals surface area contributed by atoms with E-state index in [1.807, 2.05) is 0 Å². The highest BCUT2D eigenvalue weighted by molar-refractivity contribution is 6.30. The number of aromatic nitrogens is 1. The molecule has 1 aromatic heterocycles. The van der Waals surface area contributed by atoms with Crippen LogP contribution in [-0.4, -0.2) is 34.2 Å². The van der Waals surface area contributed by atoms with Crippen molar-refractivity contribution in [3.05, 3.63) is 64.4 Å². The van der Waals surface area contributed by atoms with Crippen LogP contribution in [-0.2, 0) is 11.3 Å². The fourth-order valence-electron chi connectivity index (χ4n) is 2.26. The summed E-state index contributed by atoms with van der Waals surface area (Å²) in [6.45, 7) is -0.0426. The number of pyridine rings is 1. The third kappa shape index (κ3) is 3.07. The molecule has 1 aromatic carbocycles. The molecule has 1 aliphatic heterocycles. The van der Waals surface area contributed by atoms with Gasteiger partial charge in [0.2, 0.25) is 5.91 Å². The smallest absolute Gasteiger partial charge is 0.280 e. The molecule has 3 amide bonds. The number of fused-ring (bicyclic) bond motifs is 1. The average Bonchev–Trinajstić information content (AvgIpc) is 2.80. The van der Waals surface area contributed by atoms with Gasteiger partial charge in [-0.2, -0.15) is 0 Å². The highest BCUT2D eigenvalue weighted by atomic mass is 35.5. The Morgan fingerprint density at radius 3 is 2.57 bits per heavy atom. The first-order chi connectivity index (χ1) is 11.1. The highest BCUT2D eigenvalue weighted by Gasteiger charge is 2.37. The maximum Gasteiger partial charge on any atom is 0.280 e. The van der Waals surface area contributed by atoms with Crippen molar-refractivity contribution < 1.29 is 14.4 Å². The van der Waals surface area contributed by atoms with E-state index in [0.29, 0.717) is 5.02 Å². The maximum absolute atomic E-state index is 12.1. The minimum absolute atomic E-state index is 0.0861. The molecule has 3 rings (SSSR count). The molecule has 116 valence electrons. The van der Waals surface area contributed by atoms with Crippen LogP contribution in [0.1, 0.15) is 26.4 Å². The zero-order valence-electron chi connectivity index (χ0n) is 12.0. The van der Waals surface area contributed by atoms with E-state index in [4.69, 9.17) is 11.6 Å². The fourth-order valence-corrected chi connectivity index (χ4v) is 2.39. The summed E-state index contributed by atoms with van der Waals surface area (Å²) in [6.07, 6.45) is 1.44. The molecule has 0 spiro atoms. The van der Waals surface area contributed by atoms with Crippen molar-refractivity contribution in [2.24, 2.45) is 0 Å². The van der Waals surface area contributed by atoms with Gasteiger partial charge in [0.15, 0.2) is 0 Å². The SMILES string of the molecule is O=C(CN1C(=O)c2cccnc2C1=O)NCc1ccc(Cl)cc1. The van der Waals surface area contributed by atoms with Crippen molar-refractivity contribution in [1.29, 1.82) is 0 Å². The van der Waals surface area contributed by atoms with Crippen LogP contribution in [0, 0.1) is 0 Å². The van der Waals surface area contributed by atoms with Gasteiger partial charge in [0.25, 0.3) is 11.8 Å². The first kappa shape index (κ1) is 15.2. The second-order valence-electron chi connectivity index (χ2n) is 5.00. The van der Waals surface area contributed by atoms with Crippen LogP contribution in [0.2, 0.25) is 5.02 Å². The Kier molecular flexibility index (Phi) is 4.08. The molecule has 0 saturated carbocycles. The molecule has 0 bridgehead atoms. The number of nitrogens with zero attached hydrogens (tertiary/aromatic N) is 2. The van der Waals surface area contributed by atoms with E-state index in [1.54, 1.807) is 30.3 Å².